The van der Waals surface area contributed by atoms with Gasteiger partial charge in [-0.3, -0.25) is 4.79 Å². The minimum Gasteiger partial charge on any atom is -0.388 e. The summed E-state index contributed by atoms with van der Waals surface area (Å²) in [5, 5.41) is 6.83. The van der Waals surface area contributed by atoms with Crippen LogP contribution >= 0.6 is 0 Å². The van der Waals surface area contributed by atoms with Gasteiger partial charge in [-0.2, -0.15) is 4.31 Å². The predicted octanol–water partition coefficient (Wildman–Crippen LogP) is 0.972. The van der Waals surface area contributed by atoms with Crippen LogP contribution in [0.5, 0.6) is 0 Å². The summed E-state index contributed by atoms with van der Waals surface area (Å²) in [4.78, 5) is 20.2. The predicted molar refractivity (Wildman–Crippen MR) is 107 cm³/mol. The Morgan fingerprint density at radius 2 is 1.89 bits per heavy atom. The highest BCUT2D eigenvalue weighted by atomic mass is 32.2. The first-order valence-electron chi connectivity index (χ1n) is 9.47. The fourth-order valence-electron chi connectivity index (χ4n) is 3.40. The van der Waals surface area contributed by atoms with Gasteiger partial charge < -0.3 is 15.1 Å². The molecule has 2 aliphatic heterocycles. The quantitative estimate of drug-likeness (QED) is 0.757. The molecule has 0 aliphatic carbocycles. The van der Waals surface area contributed by atoms with E-state index >= 15 is 0 Å². The zero-order valence-electron chi connectivity index (χ0n) is 16.6. The molecule has 154 valence electrons. The molecule has 9 heteroatoms. The van der Waals surface area contributed by atoms with Gasteiger partial charge in [-0.15, -0.1) is 0 Å². The zero-order valence-corrected chi connectivity index (χ0v) is 17.5. The van der Waals surface area contributed by atoms with Crippen molar-refractivity contribution in [1.29, 1.82) is 0 Å². The van der Waals surface area contributed by atoms with Gasteiger partial charge >= 0.3 is 0 Å². The monoisotopic (exact) mass is 408 g/mol. The van der Waals surface area contributed by atoms with Crippen molar-refractivity contribution in [2.24, 2.45) is 5.16 Å². The van der Waals surface area contributed by atoms with Gasteiger partial charge in [0, 0.05) is 45.4 Å². The second kappa shape index (κ2) is 8.18. The third kappa shape index (κ3) is 4.53. The lowest BCUT2D eigenvalue weighted by molar-refractivity contribution is -0.114. The van der Waals surface area contributed by atoms with Crippen LogP contribution in [0.4, 0.5) is 0 Å². The first-order valence-corrected chi connectivity index (χ1v) is 10.9. The smallest absolute Gasteiger partial charge is 0.269 e. The summed E-state index contributed by atoms with van der Waals surface area (Å²) in [6.45, 7) is 3.91. The van der Waals surface area contributed by atoms with Crippen molar-refractivity contribution in [3.63, 3.8) is 0 Å². The van der Waals surface area contributed by atoms with E-state index in [-0.39, 0.29) is 5.91 Å². The average molecular weight is 409 g/mol. The second-order valence-electron chi connectivity index (χ2n) is 7.77. The van der Waals surface area contributed by atoms with Crippen LogP contribution in [0.3, 0.4) is 0 Å². The number of nitrogens with zero attached hydrogens (tertiary/aromatic N) is 3. The normalized spacial score (nSPS) is 19.5. The molecule has 1 aromatic carbocycles. The number of aryl methyl sites for hydroxylation is 1. The molecule has 1 saturated heterocycles. The summed E-state index contributed by atoms with van der Waals surface area (Å²) < 4.78 is 27.2. The Kier molecular flexibility index (Phi) is 6.07. The highest BCUT2D eigenvalue weighted by molar-refractivity contribution is 7.89. The average Bonchev–Trinajstić information content (AvgIpc) is 3.06. The van der Waals surface area contributed by atoms with Crippen molar-refractivity contribution < 1.29 is 18.0 Å². The van der Waals surface area contributed by atoms with E-state index in [9.17, 15) is 13.2 Å². The van der Waals surface area contributed by atoms with E-state index < -0.39 is 15.6 Å². The van der Waals surface area contributed by atoms with Crippen LogP contribution in [-0.2, 0) is 19.7 Å². The van der Waals surface area contributed by atoms with Crippen molar-refractivity contribution in [3.05, 3.63) is 29.8 Å². The number of piperidine rings is 1. The number of carbonyl (C=O) groups excluding carboxylic acids is 1. The van der Waals surface area contributed by atoms with Crippen molar-refractivity contribution in [1.82, 2.24) is 14.5 Å². The molecule has 8 nitrogen and oxygen atoms in total. The number of hydrogen-bond acceptors (Lipinski definition) is 6. The third-order valence-electron chi connectivity index (χ3n) is 5.24. The number of sulfonamides is 1. The number of nitrogens with one attached hydrogen (secondary N) is 1. The van der Waals surface area contributed by atoms with E-state index in [2.05, 4.69) is 10.5 Å². The van der Waals surface area contributed by atoms with Crippen LogP contribution in [0.15, 0.2) is 34.3 Å². The Morgan fingerprint density at radius 1 is 1.25 bits per heavy atom. The van der Waals surface area contributed by atoms with Crippen LogP contribution in [-0.4, -0.2) is 75.1 Å². The lowest BCUT2D eigenvalue weighted by Gasteiger charge is -2.36. The molecule has 2 heterocycles. The molecule has 1 fully saturated rings. The molecule has 3 rings (SSSR count). The fraction of sp³-hybridized carbons (Fsp3) is 0.579. The van der Waals surface area contributed by atoms with E-state index in [1.165, 1.54) is 4.31 Å². The number of rotatable bonds is 6. The Morgan fingerprint density at radius 3 is 2.50 bits per heavy atom. The standard InChI is InChI=1S/C19H28N4O4S/c1-15-4-6-16(7-5-15)28(25,26)23-11-8-19(9-12-23)14-17(21-27-19)18(24)20-10-13-22(2)3/h4-7H,8-14H2,1-3H3,(H,20,24). The van der Waals surface area contributed by atoms with Gasteiger partial charge in [0.05, 0.1) is 4.90 Å². The summed E-state index contributed by atoms with van der Waals surface area (Å²) in [7, 11) is 0.362. The lowest BCUT2D eigenvalue weighted by atomic mass is 9.87. The van der Waals surface area contributed by atoms with Crippen LogP contribution in [0, 0.1) is 6.92 Å². The number of amides is 1. The molecule has 0 saturated carbocycles. The maximum atomic E-state index is 12.8. The lowest BCUT2D eigenvalue weighted by Crippen LogP contribution is -2.47. The third-order valence-corrected chi connectivity index (χ3v) is 7.15. The van der Waals surface area contributed by atoms with Gasteiger partial charge in [0.25, 0.3) is 5.91 Å². The highest BCUT2D eigenvalue weighted by Gasteiger charge is 2.45. The summed E-state index contributed by atoms with van der Waals surface area (Å²) in [5.74, 6) is -0.214. The topological polar surface area (TPSA) is 91.3 Å². The molecule has 0 bridgehead atoms. The Labute approximate surface area is 166 Å². The van der Waals surface area contributed by atoms with Crippen molar-refractivity contribution in [2.75, 3.05) is 40.3 Å². The summed E-state index contributed by atoms with van der Waals surface area (Å²) in [6.07, 6.45) is 1.44. The number of carbonyl (C=O) groups is 1. The van der Waals surface area contributed by atoms with Gasteiger partial charge in [0.1, 0.15) is 11.3 Å². The molecule has 0 unspecified atom stereocenters. The van der Waals surface area contributed by atoms with Gasteiger partial charge in [-0.25, -0.2) is 8.42 Å². The largest absolute Gasteiger partial charge is 0.388 e. The van der Waals surface area contributed by atoms with Crippen LogP contribution in [0.25, 0.3) is 0 Å². The molecular formula is C19H28N4O4S. The number of benzene rings is 1. The Bertz CT molecular complexity index is 841. The maximum absolute atomic E-state index is 12.8. The molecule has 2 aliphatic rings. The first kappa shape index (κ1) is 20.8. The minimum absolute atomic E-state index is 0.214. The second-order valence-corrected chi connectivity index (χ2v) is 9.70. The first-order chi connectivity index (χ1) is 13.2. The van der Waals surface area contributed by atoms with E-state index in [0.717, 1.165) is 12.1 Å². The Balaban J connectivity index is 1.56. The fourth-order valence-corrected chi connectivity index (χ4v) is 4.84. The van der Waals surface area contributed by atoms with Crippen molar-refractivity contribution in [3.8, 4) is 0 Å². The Hall–Kier alpha value is -1.97. The molecule has 0 atom stereocenters. The zero-order chi connectivity index (χ0) is 20.4. The maximum Gasteiger partial charge on any atom is 0.269 e. The van der Waals surface area contributed by atoms with E-state index in [4.69, 9.17) is 4.84 Å². The van der Waals surface area contributed by atoms with Crippen molar-refractivity contribution in [2.45, 2.75) is 36.7 Å². The van der Waals surface area contributed by atoms with Crippen LogP contribution < -0.4 is 5.32 Å². The van der Waals surface area contributed by atoms with Crippen LogP contribution in [0.2, 0.25) is 0 Å². The number of hydrogen-bond donors (Lipinski definition) is 1. The minimum atomic E-state index is -3.52. The summed E-state index contributed by atoms with van der Waals surface area (Å²) >= 11 is 0. The van der Waals surface area contributed by atoms with Crippen molar-refractivity contribution >= 4 is 21.6 Å². The van der Waals surface area contributed by atoms with E-state index in [1.807, 2.05) is 25.9 Å². The molecule has 1 spiro atoms. The van der Waals surface area contributed by atoms with E-state index in [0.29, 0.717) is 49.5 Å². The number of likely N-dealkylation sites (N-methyl/N-ethyl adjacent to an activating group) is 1. The van der Waals surface area contributed by atoms with Gasteiger partial charge in [-0.1, -0.05) is 22.9 Å². The van der Waals surface area contributed by atoms with Gasteiger partial charge in [0.15, 0.2) is 0 Å². The SMILES string of the molecule is Cc1ccc(S(=O)(=O)N2CCC3(CC2)CC(C(=O)NCCN(C)C)=NO3)cc1. The number of oxime groups is 1. The van der Waals surface area contributed by atoms with Gasteiger partial charge in [-0.05, 0) is 33.2 Å². The van der Waals surface area contributed by atoms with Crippen LogP contribution in [0.1, 0.15) is 24.8 Å². The molecular weight excluding hydrogens is 380 g/mol. The molecule has 1 aromatic rings. The molecule has 0 radical (unpaired) electrons. The van der Waals surface area contributed by atoms with Gasteiger partial charge in [0.2, 0.25) is 10.0 Å². The van der Waals surface area contributed by atoms with E-state index in [1.54, 1.807) is 24.3 Å². The molecule has 1 N–H and O–H groups in total. The summed E-state index contributed by atoms with van der Waals surface area (Å²) in [5.41, 5.74) is 0.825. The molecule has 1 amide bonds. The molecule has 28 heavy (non-hydrogen) atoms. The molecule has 0 aromatic heterocycles. The highest BCUT2D eigenvalue weighted by Crippen LogP contribution is 2.36. The summed E-state index contributed by atoms with van der Waals surface area (Å²) in [6, 6.07) is 6.88.